The van der Waals surface area contributed by atoms with Crippen molar-refractivity contribution in [3.8, 4) is 0 Å². The second kappa shape index (κ2) is 4.72. The number of hydrogen-bond acceptors (Lipinski definition) is 3. The Morgan fingerprint density at radius 2 is 2.19 bits per heavy atom. The van der Waals surface area contributed by atoms with E-state index in [1.165, 1.54) is 23.8 Å². The lowest BCUT2D eigenvalue weighted by Gasteiger charge is -2.31. The highest BCUT2D eigenvalue weighted by Crippen LogP contribution is 2.31. The number of fused-ring (bicyclic) bond motifs is 3. The zero-order valence-corrected chi connectivity index (χ0v) is 12.6. The second-order valence-corrected chi connectivity index (χ2v) is 6.29. The highest BCUT2D eigenvalue weighted by atomic mass is 15.2. The number of aromatic nitrogens is 3. The van der Waals surface area contributed by atoms with Crippen LogP contribution in [0.5, 0.6) is 0 Å². The van der Waals surface area contributed by atoms with Gasteiger partial charge >= 0.3 is 0 Å². The van der Waals surface area contributed by atoms with Crippen molar-refractivity contribution in [1.82, 2.24) is 15.0 Å². The third-order valence-corrected chi connectivity index (χ3v) is 4.47. The minimum atomic E-state index is 0.732. The minimum Gasteiger partial charge on any atom is -0.355 e. The number of piperidine rings is 1. The first-order chi connectivity index (χ1) is 10.2. The van der Waals surface area contributed by atoms with Crippen LogP contribution in [0.25, 0.3) is 21.9 Å². The van der Waals surface area contributed by atoms with Crippen molar-refractivity contribution in [1.29, 1.82) is 0 Å². The fourth-order valence-corrected chi connectivity index (χ4v) is 3.42. The van der Waals surface area contributed by atoms with E-state index >= 15 is 0 Å². The van der Waals surface area contributed by atoms with Crippen molar-refractivity contribution in [3.63, 3.8) is 0 Å². The molecule has 1 aliphatic rings. The number of rotatable bonds is 1. The second-order valence-electron chi connectivity index (χ2n) is 6.29. The molecule has 1 aromatic carbocycles. The van der Waals surface area contributed by atoms with Crippen LogP contribution in [0.1, 0.15) is 25.3 Å². The number of hydrogen-bond donors (Lipinski definition) is 1. The van der Waals surface area contributed by atoms with E-state index in [-0.39, 0.29) is 0 Å². The highest BCUT2D eigenvalue weighted by molar-refractivity contribution is 6.08. The Bertz CT molecular complexity index is 805. The van der Waals surface area contributed by atoms with Gasteiger partial charge in [-0.25, -0.2) is 9.97 Å². The SMILES string of the molecule is Cc1ccc2c(c1)[nH]c1c(N3CCCC(C)C3)ncnc12. The molecule has 0 saturated carbocycles. The summed E-state index contributed by atoms with van der Waals surface area (Å²) in [7, 11) is 0. The summed E-state index contributed by atoms with van der Waals surface area (Å²) in [6, 6.07) is 6.47. The van der Waals surface area contributed by atoms with Gasteiger partial charge in [0.15, 0.2) is 5.82 Å². The average Bonchev–Trinajstić information content (AvgIpc) is 2.84. The summed E-state index contributed by atoms with van der Waals surface area (Å²) in [6.45, 7) is 6.61. The molecular weight excluding hydrogens is 260 g/mol. The Kier molecular flexibility index (Phi) is 2.84. The summed E-state index contributed by atoms with van der Waals surface area (Å²) in [4.78, 5) is 15.0. The Balaban J connectivity index is 1.91. The average molecular weight is 280 g/mol. The summed E-state index contributed by atoms with van der Waals surface area (Å²) in [5, 5.41) is 1.18. The van der Waals surface area contributed by atoms with Gasteiger partial charge in [-0.3, -0.25) is 0 Å². The van der Waals surface area contributed by atoms with E-state index in [4.69, 9.17) is 0 Å². The molecule has 1 unspecified atom stereocenters. The van der Waals surface area contributed by atoms with Crippen LogP contribution in [-0.4, -0.2) is 28.0 Å². The maximum absolute atomic E-state index is 4.57. The lowest BCUT2D eigenvalue weighted by molar-refractivity contribution is 0.445. The van der Waals surface area contributed by atoms with Gasteiger partial charge in [0.2, 0.25) is 0 Å². The van der Waals surface area contributed by atoms with Crippen LogP contribution < -0.4 is 4.90 Å². The third-order valence-electron chi connectivity index (χ3n) is 4.47. The number of nitrogens with one attached hydrogen (secondary N) is 1. The Morgan fingerprint density at radius 1 is 1.29 bits per heavy atom. The molecule has 108 valence electrons. The molecule has 4 nitrogen and oxygen atoms in total. The summed E-state index contributed by atoms with van der Waals surface area (Å²) < 4.78 is 0. The van der Waals surface area contributed by atoms with E-state index in [1.54, 1.807) is 6.33 Å². The number of benzene rings is 1. The summed E-state index contributed by atoms with van der Waals surface area (Å²) in [6.07, 6.45) is 4.26. The lowest BCUT2D eigenvalue weighted by Crippen LogP contribution is -2.35. The molecule has 1 atom stereocenters. The van der Waals surface area contributed by atoms with Crippen molar-refractivity contribution >= 4 is 27.8 Å². The largest absolute Gasteiger partial charge is 0.355 e. The number of H-pyrrole nitrogens is 1. The van der Waals surface area contributed by atoms with Crippen LogP contribution in [0.3, 0.4) is 0 Å². The quantitative estimate of drug-likeness (QED) is 0.740. The predicted octanol–water partition coefficient (Wildman–Crippen LogP) is 3.66. The van der Waals surface area contributed by atoms with Gasteiger partial charge in [0.05, 0.1) is 0 Å². The number of aryl methyl sites for hydroxylation is 1. The summed E-state index contributed by atoms with van der Waals surface area (Å²) in [5.74, 6) is 1.79. The molecule has 3 heterocycles. The molecule has 21 heavy (non-hydrogen) atoms. The molecule has 1 fully saturated rings. The van der Waals surface area contributed by atoms with E-state index in [0.29, 0.717) is 0 Å². The van der Waals surface area contributed by atoms with Crippen molar-refractivity contribution in [2.24, 2.45) is 5.92 Å². The van der Waals surface area contributed by atoms with Gasteiger partial charge in [-0.1, -0.05) is 19.1 Å². The van der Waals surface area contributed by atoms with Crippen molar-refractivity contribution in [2.75, 3.05) is 18.0 Å². The van der Waals surface area contributed by atoms with E-state index in [1.807, 2.05) is 0 Å². The van der Waals surface area contributed by atoms with Crippen LogP contribution >= 0.6 is 0 Å². The fourth-order valence-electron chi connectivity index (χ4n) is 3.42. The summed E-state index contributed by atoms with van der Waals surface area (Å²) in [5.41, 5.74) is 4.52. The molecular formula is C17H20N4. The Labute approximate surface area is 124 Å². The minimum absolute atomic E-state index is 0.732. The molecule has 1 aliphatic heterocycles. The fraction of sp³-hybridized carbons (Fsp3) is 0.412. The number of nitrogens with zero attached hydrogens (tertiary/aromatic N) is 3. The lowest BCUT2D eigenvalue weighted by atomic mass is 10.0. The topological polar surface area (TPSA) is 44.8 Å². The molecule has 1 saturated heterocycles. The maximum atomic E-state index is 4.57. The first kappa shape index (κ1) is 12.6. The van der Waals surface area contributed by atoms with Crippen LogP contribution in [-0.2, 0) is 0 Å². The first-order valence-electron chi connectivity index (χ1n) is 7.70. The number of aromatic amines is 1. The predicted molar refractivity (Wildman–Crippen MR) is 86.7 cm³/mol. The highest BCUT2D eigenvalue weighted by Gasteiger charge is 2.21. The van der Waals surface area contributed by atoms with Gasteiger partial charge in [-0.15, -0.1) is 0 Å². The standard InChI is InChI=1S/C17H20N4/c1-11-5-6-13-14(8-11)20-16-15(13)18-10-19-17(16)21-7-3-4-12(2)9-21/h5-6,8,10,12,20H,3-4,7,9H2,1-2H3. The van der Waals surface area contributed by atoms with Gasteiger partial charge in [0, 0.05) is 24.0 Å². The molecule has 0 aliphatic carbocycles. The van der Waals surface area contributed by atoms with Crippen LogP contribution in [0.15, 0.2) is 24.5 Å². The van der Waals surface area contributed by atoms with E-state index in [9.17, 15) is 0 Å². The smallest absolute Gasteiger partial charge is 0.156 e. The zero-order valence-electron chi connectivity index (χ0n) is 12.6. The van der Waals surface area contributed by atoms with Crippen molar-refractivity contribution in [2.45, 2.75) is 26.7 Å². The number of anilines is 1. The molecule has 0 bridgehead atoms. The van der Waals surface area contributed by atoms with E-state index < -0.39 is 0 Å². The van der Waals surface area contributed by atoms with Crippen LogP contribution in [0.2, 0.25) is 0 Å². The molecule has 0 radical (unpaired) electrons. The third kappa shape index (κ3) is 2.06. The molecule has 4 heteroatoms. The van der Waals surface area contributed by atoms with Crippen LogP contribution in [0.4, 0.5) is 5.82 Å². The zero-order chi connectivity index (χ0) is 14.4. The molecule has 1 N–H and O–H groups in total. The Morgan fingerprint density at radius 3 is 3.05 bits per heavy atom. The molecule has 2 aromatic heterocycles. The first-order valence-corrected chi connectivity index (χ1v) is 7.70. The summed E-state index contributed by atoms with van der Waals surface area (Å²) >= 11 is 0. The molecule has 4 rings (SSSR count). The van der Waals surface area contributed by atoms with Gasteiger partial charge < -0.3 is 9.88 Å². The maximum Gasteiger partial charge on any atom is 0.156 e. The normalized spacial score (nSPS) is 19.5. The molecule has 0 amide bonds. The molecule has 3 aromatic rings. The van der Waals surface area contributed by atoms with Crippen molar-refractivity contribution < 1.29 is 0 Å². The van der Waals surface area contributed by atoms with Gasteiger partial charge in [-0.05, 0) is 37.3 Å². The van der Waals surface area contributed by atoms with Gasteiger partial charge in [0.25, 0.3) is 0 Å². The van der Waals surface area contributed by atoms with E-state index in [0.717, 1.165) is 41.4 Å². The molecule has 0 spiro atoms. The van der Waals surface area contributed by atoms with Gasteiger partial charge in [-0.2, -0.15) is 0 Å². The Hall–Kier alpha value is -2.10. The van der Waals surface area contributed by atoms with Crippen molar-refractivity contribution in [3.05, 3.63) is 30.1 Å². The van der Waals surface area contributed by atoms with Crippen LogP contribution in [0, 0.1) is 12.8 Å². The van der Waals surface area contributed by atoms with E-state index in [2.05, 4.69) is 51.9 Å². The van der Waals surface area contributed by atoms with Gasteiger partial charge in [0.1, 0.15) is 17.4 Å². The monoisotopic (exact) mass is 280 g/mol.